The molecule has 94 valence electrons. The van der Waals surface area contributed by atoms with E-state index in [2.05, 4.69) is 20.3 Å². The minimum atomic E-state index is 0.404. The molecule has 1 aliphatic carbocycles. The van der Waals surface area contributed by atoms with Gasteiger partial charge >= 0.3 is 0 Å². The van der Waals surface area contributed by atoms with Crippen molar-refractivity contribution in [2.75, 3.05) is 17.7 Å². The molecule has 0 unspecified atom stereocenters. The molecule has 2 aromatic rings. The van der Waals surface area contributed by atoms with Gasteiger partial charge in [0.05, 0.1) is 0 Å². The molecular weight excluding hydrogens is 248 g/mol. The Labute approximate surface area is 111 Å². The first-order valence-corrected chi connectivity index (χ1v) is 6.72. The Balaban J connectivity index is 1.71. The van der Waals surface area contributed by atoms with Gasteiger partial charge in [-0.05, 0) is 36.8 Å². The van der Waals surface area contributed by atoms with Crippen molar-refractivity contribution < 1.29 is 0 Å². The number of aromatic nitrogens is 3. The zero-order valence-corrected chi connectivity index (χ0v) is 10.8. The van der Waals surface area contributed by atoms with Crippen LogP contribution in [0.25, 0.3) is 11.2 Å². The molecule has 2 aromatic heterocycles. The molecule has 0 atom stereocenters. The number of anilines is 1. The molecule has 0 saturated heterocycles. The summed E-state index contributed by atoms with van der Waals surface area (Å²) in [6.07, 6.45) is 6.95. The summed E-state index contributed by atoms with van der Waals surface area (Å²) in [4.78, 5) is 12.9. The van der Waals surface area contributed by atoms with Crippen LogP contribution in [0.3, 0.4) is 0 Å². The summed E-state index contributed by atoms with van der Waals surface area (Å²) in [7, 11) is 0. The number of hydrogen-bond donors (Lipinski definition) is 1. The van der Waals surface area contributed by atoms with Crippen molar-refractivity contribution >= 4 is 28.6 Å². The Kier molecular flexibility index (Phi) is 3.04. The lowest BCUT2D eigenvalue weighted by Gasteiger charge is -2.14. The van der Waals surface area contributed by atoms with Gasteiger partial charge in [-0.25, -0.2) is 9.97 Å². The van der Waals surface area contributed by atoms with Crippen LogP contribution in [0.4, 0.5) is 5.82 Å². The molecule has 18 heavy (non-hydrogen) atoms. The lowest BCUT2D eigenvalue weighted by molar-refractivity contribution is 0.524. The highest BCUT2D eigenvalue weighted by molar-refractivity contribution is 6.17. The van der Waals surface area contributed by atoms with Crippen molar-refractivity contribution in [3.8, 4) is 0 Å². The van der Waals surface area contributed by atoms with E-state index in [1.54, 1.807) is 12.4 Å². The fourth-order valence-electron chi connectivity index (χ4n) is 2.12. The lowest BCUT2D eigenvalue weighted by atomic mass is 10.0. The summed E-state index contributed by atoms with van der Waals surface area (Å²) < 4.78 is 0. The van der Waals surface area contributed by atoms with Crippen molar-refractivity contribution in [2.45, 2.75) is 19.3 Å². The Morgan fingerprint density at radius 1 is 1.22 bits per heavy atom. The van der Waals surface area contributed by atoms with Crippen LogP contribution in [-0.2, 0) is 0 Å². The van der Waals surface area contributed by atoms with E-state index in [1.165, 1.54) is 12.8 Å². The fourth-order valence-corrected chi connectivity index (χ4v) is 2.52. The van der Waals surface area contributed by atoms with Gasteiger partial charge in [0.2, 0.25) is 0 Å². The number of hydrogen-bond acceptors (Lipinski definition) is 4. The van der Waals surface area contributed by atoms with Gasteiger partial charge in [-0.3, -0.25) is 4.98 Å². The summed E-state index contributed by atoms with van der Waals surface area (Å²) in [6, 6.07) is 3.90. The number of pyridine rings is 1. The lowest BCUT2D eigenvalue weighted by Crippen LogP contribution is -2.16. The van der Waals surface area contributed by atoms with Crippen molar-refractivity contribution in [2.24, 2.45) is 5.41 Å². The van der Waals surface area contributed by atoms with E-state index in [-0.39, 0.29) is 0 Å². The van der Waals surface area contributed by atoms with Gasteiger partial charge < -0.3 is 5.32 Å². The SMILES string of the molecule is ClCCC1(CNc2ccc3nccnc3n2)CC1. The van der Waals surface area contributed by atoms with E-state index < -0.39 is 0 Å². The molecule has 3 rings (SSSR count). The van der Waals surface area contributed by atoms with Gasteiger partial charge in [0.25, 0.3) is 0 Å². The third-order valence-corrected chi connectivity index (χ3v) is 3.75. The number of rotatable bonds is 5. The van der Waals surface area contributed by atoms with Gasteiger partial charge in [-0.15, -0.1) is 11.6 Å². The van der Waals surface area contributed by atoms with E-state index in [0.29, 0.717) is 11.1 Å². The number of halogens is 1. The van der Waals surface area contributed by atoms with Crippen LogP contribution < -0.4 is 5.32 Å². The normalized spacial score (nSPS) is 16.7. The minimum Gasteiger partial charge on any atom is -0.369 e. The summed E-state index contributed by atoms with van der Waals surface area (Å²) >= 11 is 5.82. The topological polar surface area (TPSA) is 50.7 Å². The van der Waals surface area contributed by atoms with Crippen molar-refractivity contribution in [1.82, 2.24) is 15.0 Å². The third-order valence-electron chi connectivity index (χ3n) is 3.56. The molecule has 1 aliphatic rings. The maximum absolute atomic E-state index is 5.82. The molecule has 0 aromatic carbocycles. The number of nitrogens with zero attached hydrogens (tertiary/aromatic N) is 3. The average Bonchev–Trinajstić information content (AvgIpc) is 3.17. The molecular formula is C13H15ClN4. The van der Waals surface area contributed by atoms with Crippen LogP contribution in [0.15, 0.2) is 24.5 Å². The molecule has 1 saturated carbocycles. The van der Waals surface area contributed by atoms with Gasteiger partial charge in [0, 0.05) is 24.8 Å². The molecule has 0 bridgehead atoms. The number of alkyl halides is 1. The van der Waals surface area contributed by atoms with Crippen LogP contribution in [0.5, 0.6) is 0 Å². The van der Waals surface area contributed by atoms with Crippen molar-refractivity contribution in [3.05, 3.63) is 24.5 Å². The Hall–Kier alpha value is -1.42. The van der Waals surface area contributed by atoms with Crippen molar-refractivity contribution in [1.29, 1.82) is 0 Å². The Morgan fingerprint density at radius 3 is 2.83 bits per heavy atom. The summed E-state index contributed by atoms with van der Waals surface area (Å²) in [5.74, 6) is 1.60. The molecule has 1 N–H and O–H groups in total. The Bertz CT molecular complexity index is 553. The molecule has 1 fully saturated rings. The zero-order chi connectivity index (χ0) is 12.4. The first kappa shape index (κ1) is 11.7. The van der Waals surface area contributed by atoms with Crippen LogP contribution in [0.1, 0.15) is 19.3 Å². The Morgan fingerprint density at radius 2 is 2.06 bits per heavy atom. The van der Waals surface area contributed by atoms with Gasteiger partial charge in [0.1, 0.15) is 11.3 Å². The molecule has 5 heteroatoms. The van der Waals surface area contributed by atoms with Gasteiger partial charge in [-0.1, -0.05) is 0 Å². The van der Waals surface area contributed by atoms with E-state index >= 15 is 0 Å². The second kappa shape index (κ2) is 4.69. The first-order chi connectivity index (χ1) is 8.81. The second-order valence-corrected chi connectivity index (χ2v) is 5.27. The molecule has 4 nitrogen and oxygen atoms in total. The highest BCUT2D eigenvalue weighted by atomic mass is 35.5. The highest BCUT2D eigenvalue weighted by Gasteiger charge is 2.41. The number of fused-ring (bicyclic) bond motifs is 1. The van der Waals surface area contributed by atoms with E-state index in [9.17, 15) is 0 Å². The highest BCUT2D eigenvalue weighted by Crippen LogP contribution is 2.48. The quantitative estimate of drug-likeness (QED) is 0.842. The van der Waals surface area contributed by atoms with Gasteiger partial charge in [0.15, 0.2) is 5.65 Å². The molecule has 0 radical (unpaired) electrons. The van der Waals surface area contributed by atoms with E-state index in [0.717, 1.165) is 30.2 Å². The maximum atomic E-state index is 5.82. The summed E-state index contributed by atoms with van der Waals surface area (Å²) in [5.41, 5.74) is 1.91. The van der Waals surface area contributed by atoms with E-state index in [4.69, 9.17) is 11.6 Å². The van der Waals surface area contributed by atoms with Crippen LogP contribution in [0, 0.1) is 5.41 Å². The molecule has 2 heterocycles. The predicted octanol–water partition coefficient (Wildman–Crippen LogP) is 2.85. The zero-order valence-electron chi connectivity index (χ0n) is 10.1. The van der Waals surface area contributed by atoms with Crippen LogP contribution in [-0.4, -0.2) is 27.4 Å². The monoisotopic (exact) mass is 262 g/mol. The smallest absolute Gasteiger partial charge is 0.180 e. The van der Waals surface area contributed by atoms with Crippen molar-refractivity contribution in [3.63, 3.8) is 0 Å². The van der Waals surface area contributed by atoms with Gasteiger partial charge in [-0.2, -0.15) is 0 Å². The van der Waals surface area contributed by atoms with Crippen LogP contribution >= 0.6 is 11.6 Å². The molecule has 0 spiro atoms. The van der Waals surface area contributed by atoms with Crippen LogP contribution in [0.2, 0.25) is 0 Å². The fraction of sp³-hybridized carbons (Fsp3) is 0.462. The predicted molar refractivity (Wildman–Crippen MR) is 72.8 cm³/mol. The summed E-state index contributed by atoms with van der Waals surface area (Å²) in [6.45, 7) is 0.943. The standard InChI is InChI=1S/C13H15ClN4/c14-6-5-13(3-4-13)9-17-11-2-1-10-12(18-11)16-8-7-15-10/h1-2,7-8H,3-6,9H2,(H,16,17,18). The maximum Gasteiger partial charge on any atom is 0.180 e. The minimum absolute atomic E-state index is 0.404. The third kappa shape index (κ3) is 2.38. The largest absolute Gasteiger partial charge is 0.369 e. The molecule has 0 aliphatic heterocycles. The average molecular weight is 263 g/mol. The second-order valence-electron chi connectivity index (χ2n) is 4.89. The first-order valence-electron chi connectivity index (χ1n) is 6.19. The summed E-state index contributed by atoms with van der Waals surface area (Å²) in [5, 5.41) is 3.39. The number of nitrogens with one attached hydrogen (secondary N) is 1. The molecule has 0 amide bonds. The van der Waals surface area contributed by atoms with E-state index in [1.807, 2.05) is 12.1 Å².